The zero-order chi connectivity index (χ0) is 13.0. The highest BCUT2D eigenvalue weighted by Crippen LogP contribution is 2.41. The fraction of sp³-hybridized carbons (Fsp3) is 0.545. The maximum atomic E-state index is 11.9. The van der Waals surface area contributed by atoms with Gasteiger partial charge in [0.2, 0.25) is 0 Å². The van der Waals surface area contributed by atoms with E-state index in [2.05, 4.69) is 12.2 Å². The second-order valence-electron chi connectivity index (χ2n) is 3.83. The Morgan fingerprint density at radius 3 is 2.65 bits per heavy atom. The van der Waals surface area contributed by atoms with Crippen molar-refractivity contribution in [2.75, 3.05) is 37.9 Å². The molecule has 0 aliphatic rings. The lowest BCUT2D eigenvalue weighted by molar-refractivity contribution is 0.0833. The number of amides is 1. The van der Waals surface area contributed by atoms with E-state index < -0.39 is 0 Å². The number of thiophene rings is 1. The molecule has 0 unspecified atom stereocenters. The molecule has 1 aromatic rings. The van der Waals surface area contributed by atoms with E-state index in [1.807, 2.05) is 6.26 Å². The Balaban J connectivity index is 3.08. The van der Waals surface area contributed by atoms with Gasteiger partial charge in [0.1, 0.15) is 9.88 Å². The van der Waals surface area contributed by atoms with Crippen molar-refractivity contribution >= 4 is 39.7 Å². The Morgan fingerprint density at radius 2 is 2.18 bits per heavy atom. The summed E-state index contributed by atoms with van der Waals surface area (Å²) in [5.41, 5.74) is 6.62. The van der Waals surface area contributed by atoms with Gasteiger partial charge in [-0.15, -0.1) is 23.1 Å². The van der Waals surface area contributed by atoms with Crippen molar-refractivity contribution in [1.29, 1.82) is 0 Å². The number of carbonyl (C=O) groups is 1. The van der Waals surface area contributed by atoms with Gasteiger partial charge in [-0.3, -0.25) is 4.79 Å². The van der Waals surface area contributed by atoms with Crippen LogP contribution in [0.3, 0.4) is 0 Å². The third-order valence-corrected chi connectivity index (χ3v) is 4.35. The third kappa shape index (κ3) is 3.07. The summed E-state index contributed by atoms with van der Waals surface area (Å²) in [5, 5.41) is 4.32. The summed E-state index contributed by atoms with van der Waals surface area (Å²) in [6, 6.07) is 0. The van der Waals surface area contributed by atoms with Crippen molar-refractivity contribution in [3.63, 3.8) is 0 Å². The van der Waals surface area contributed by atoms with Crippen LogP contribution in [-0.2, 0) is 0 Å². The second-order valence-corrected chi connectivity index (χ2v) is 5.67. The SMILES string of the molecule is CCCNc1sc(C(=O)N(C)C)c(N)c1SC. The van der Waals surface area contributed by atoms with E-state index >= 15 is 0 Å². The van der Waals surface area contributed by atoms with Gasteiger partial charge in [-0.2, -0.15) is 0 Å². The Morgan fingerprint density at radius 1 is 1.53 bits per heavy atom. The van der Waals surface area contributed by atoms with Gasteiger partial charge in [-0.1, -0.05) is 6.92 Å². The minimum atomic E-state index is -0.0349. The molecule has 0 fully saturated rings. The Kier molecular flexibility index (Phi) is 5.14. The molecule has 0 atom stereocenters. The lowest BCUT2D eigenvalue weighted by atomic mass is 10.3. The minimum absolute atomic E-state index is 0.0349. The van der Waals surface area contributed by atoms with E-state index in [1.165, 1.54) is 11.3 Å². The first-order valence-corrected chi connectivity index (χ1v) is 7.48. The molecule has 0 aliphatic heterocycles. The van der Waals surface area contributed by atoms with Crippen LogP contribution in [-0.4, -0.2) is 37.7 Å². The Labute approximate surface area is 111 Å². The second kappa shape index (κ2) is 6.16. The molecule has 96 valence electrons. The molecule has 0 aromatic carbocycles. The average Bonchev–Trinajstić information content (AvgIpc) is 2.61. The molecule has 1 heterocycles. The molecule has 0 bridgehead atoms. The zero-order valence-corrected chi connectivity index (χ0v) is 12.3. The molecule has 1 amide bonds. The standard InChI is InChI=1S/C11H19N3OS2/c1-5-6-13-10-8(16-4)7(12)9(17-10)11(15)14(2)3/h13H,5-6,12H2,1-4H3. The monoisotopic (exact) mass is 273 g/mol. The lowest BCUT2D eigenvalue weighted by Crippen LogP contribution is -2.21. The van der Waals surface area contributed by atoms with Crippen LogP contribution in [0.1, 0.15) is 23.0 Å². The van der Waals surface area contributed by atoms with Crippen LogP contribution in [0.2, 0.25) is 0 Å². The quantitative estimate of drug-likeness (QED) is 0.810. The highest BCUT2D eigenvalue weighted by atomic mass is 32.2. The Bertz CT molecular complexity index is 402. The van der Waals surface area contributed by atoms with Crippen LogP contribution >= 0.6 is 23.1 Å². The van der Waals surface area contributed by atoms with Crippen molar-refractivity contribution in [1.82, 2.24) is 4.90 Å². The predicted molar refractivity (Wildman–Crippen MR) is 77.3 cm³/mol. The number of carbonyl (C=O) groups excluding carboxylic acids is 1. The number of hydrogen-bond donors (Lipinski definition) is 2. The molecule has 4 nitrogen and oxygen atoms in total. The predicted octanol–water partition coefficient (Wildman–Crippen LogP) is 2.58. The number of nitrogens with one attached hydrogen (secondary N) is 1. The van der Waals surface area contributed by atoms with Crippen molar-refractivity contribution in [3.05, 3.63) is 4.88 Å². The number of anilines is 2. The fourth-order valence-electron chi connectivity index (χ4n) is 1.35. The smallest absolute Gasteiger partial charge is 0.265 e. The van der Waals surface area contributed by atoms with E-state index in [1.54, 1.807) is 30.8 Å². The summed E-state index contributed by atoms with van der Waals surface area (Å²) in [4.78, 5) is 15.1. The van der Waals surface area contributed by atoms with Crippen LogP contribution in [0.4, 0.5) is 10.7 Å². The highest BCUT2D eigenvalue weighted by molar-refractivity contribution is 7.99. The molecule has 1 rings (SSSR count). The summed E-state index contributed by atoms with van der Waals surface area (Å²) >= 11 is 3.01. The van der Waals surface area contributed by atoms with Gasteiger partial charge >= 0.3 is 0 Å². The van der Waals surface area contributed by atoms with E-state index in [-0.39, 0.29) is 5.91 Å². The van der Waals surface area contributed by atoms with Gasteiger partial charge in [0, 0.05) is 20.6 Å². The molecule has 1 aromatic heterocycles. The molecule has 0 radical (unpaired) electrons. The molecule has 0 saturated heterocycles. The molecule has 3 N–H and O–H groups in total. The number of nitrogens with zero attached hydrogens (tertiary/aromatic N) is 1. The number of nitrogen functional groups attached to an aromatic ring is 1. The van der Waals surface area contributed by atoms with E-state index in [9.17, 15) is 4.79 Å². The maximum Gasteiger partial charge on any atom is 0.265 e. The van der Waals surface area contributed by atoms with Gasteiger partial charge < -0.3 is 16.0 Å². The van der Waals surface area contributed by atoms with Gasteiger partial charge in [-0.25, -0.2) is 0 Å². The van der Waals surface area contributed by atoms with Crippen LogP contribution < -0.4 is 11.1 Å². The van der Waals surface area contributed by atoms with Crippen LogP contribution in [0.5, 0.6) is 0 Å². The highest BCUT2D eigenvalue weighted by Gasteiger charge is 2.21. The molecule has 0 saturated carbocycles. The molecular weight excluding hydrogens is 254 g/mol. The van der Waals surface area contributed by atoms with E-state index in [4.69, 9.17) is 5.73 Å². The fourth-order valence-corrected chi connectivity index (χ4v) is 3.43. The van der Waals surface area contributed by atoms with Crippen molar-refractivity contribution in [2.24, 2.45) is 0 Å². The molecule has 0 spiro atoms. The first-order valence-electron chi connectivity index (χ1n) is 5.44. The first kappa shape index (κ1) is 14.2. The lowest BCUT2D eigenvalue weighted by Gasteiger charge is -2.08. The third-order valence-electron chi connectivity index (χ3n) is 2.24. The topological polar surface area (TPSA) is 58.4 Å². The van der Waals surface area contributed by atoms with Gasteiger partial charge in [0.05, 0.1) is 10.6 Å². The number of thioether (sulfide) groups is 1. The maximum absolute atomic E-state index is 11.9. The molecule has 6 heteroatoms. The van der Waals surface area contributed by atoms with E-state index in [0.29, 0.717) is 10.6 Å². The van der Waals surface area contributed by atoms with Crippen LogP contribution in [0.25, 0.3) is 0 Å². The minimum Gasteiger partial charge on any atom is -0.396 e. The van der Waals surface area contributed by atoms with Crippen molar-refractivity contribution in [3.8, 4) is 0 Å². The van der Waals surface area contributed by atoms with Gasteiger partial charge in [0.15, 0.2) is 0 Å². The zero-order valence-electron chi connectivity index (χ0n) is 10.7. The normalized spacial score (nSPS) is 10.4. The summed E-state index contributed by atoms with van der Waals surface area (Å²) in [6.45, 7) is 3.00. The van der Waals surface area contributed by atoms with Crippen LogP contribution in [0, 0.1) is 0 Å². The van der Waals surface area contributed by atoms with Gasteiger partial charge in [-0.05, 0) is 12.7 Å². The average molecular weight is 273 g/mol. The van der Waals surface area contributed by atoms with Gasteiger partial charge in [0.25, 0.3) is 5.91 Å². The summed E-state index contributed by atoms with van der Waals surface area (Å²) in [7, 11) is 3.47. The van der Waals surface area contributed by atoms with Crippen LogP contribution in [0.15, 0.2) is 4.90 Å². The Hall–Kier alpha value is -0.880. The van der Waals surface area contributed by atoms with E-state index in [0.717, 1.165) is 22.9 Å². The largest absolute Gasteiger partial charge is 0.396 e. The summed E-state index contributed by atoms with van der Waals surface area (Å²) < 4.78 is 0. The molecular formula is C11H19N3OS2. The number of rotatable bonds is 5. The number of nitrogens with two attached hydrogens (primary N) is 1. The summed E-state index contributed by atoms with van der Waals surface area (Å²) in [5.74, 6) is -0.0349. The molecule has 0 aliphatic carbocycles. The first-order chi connectivity index (χ1) is 8.02. The van der Waals surface area contributed by atoms with Crippen molar-refractivity contribution < 1.29 is 4.79 Å². The number of hydrogen-bond acceptors (Lipinski definition) is 5. The summed E-state index contributed by atoms with van der Waals surface area (Å²) in [6.07, 6.45) is 3.02. The van der Waals surface area contributed by atoms with Crippen molar-refractivity contribution in [2.45, 2.75) is 18.2 Å². The molecule has 17 heavy (non-hydrogen) atoms.